The first-order chi connectivity index (χ1) is 26.2. The maximum absolute atomic E-state index is 14.9. The number of nitriles is 1. The molecule has 0 bridgehead atoms. The second-order valence-corrected chi connectivity index (χ2v) is 14.0. The van der Waals surface area contributed by atoms with Crippen molar-refractivity contribution in [3.63, 3.8) is 0 Å². The molecule has 5 heterocycles. The fourth-order valence-corrected chi connectivity index (χ4v) is 7.61. The fourth-order valence-electron chi connectivity index (χ4n) is 7.46. The lowest BCUT2D eigenvalue weighted by Gasteiger charge is -2.40. The number of aromatic hydroxyl groups is 1. The van der Waals surface area contributed by atoms with Gasteiger partial charge in [-0.25, -0.2) is 9.67 Å². The predicted octanol–water partition coefficient (Wildman–Crippen LogP) is 6.18. The smallest absolute Gasteiger partial charge is 0.284 e. The van der Waals surface area contributed by atoms with Crippen LogP contribution in [0.3, 0.4) is 0 Å². The van der Waals surface area contributed by atoms with Gasteiger partial charge in [0, 0.05) is 62.2 Å². The van der Waals surface area contributed by atoms with Gasteiger partial charge < -0.3 is 19.3 Å². The molecule has 0 spiro atoms. The highest BCUT2D eigenvalue weighted by Gasteiger charge is 2.35. The first kappa shape index (κ1) is 35.1. The number of pyridine rings is 1. The molecule has 0 saturated carbocycles. The Hall–Kier alpha value is -6.00. The Morgan fingerprint density at radius 3 is 2.46 bits per heavy atom. The number of hydrogen-bond acceptors (Lipinski definition) is 8. The number of halogens is 1. The Kier molecular flexibility index (Phi) is 9.37. The largest absolute Gasteiger partial charge is 0.508 e. The number of carbonyl (C=O) groups is 2. The zero-order chi connectivity index (χ0) is 37.5. The third-order valence-electron chi connectivity index (χ3n) is 10.4. The van der Waals surface area contributed by atoms with Crippen molar-refractivity contribution in [1.29, 1.82) is 5.26 Å². The number of para-hydroxylation sites is 1. The lowest BCUT2D eigenvalue weighted by atomic mass is 9.93. The number of ether oxygens (including phenoxy) is 1. The van der Waals surface area contributed by atoms with E-state index < -0.39 is 5.91 Å². The van der Waals surface area contributed by atoms with Crippen molar-refractivity contribution in [1.82, 2.24) is 29.1 Å². The van der Waals surface area contributed by atoms with E-state index in [-0.39, 0.29) is 29.1 Å². The Balaban J connectivity index is 1.24. The number of phenols is 1. The van der Waals surface area contributed by atoms with Crippen LogP contribution in [-0.4, -0.2) is 84.9 Å². The van der Waals surface area contributed by atoms with E-state index in [2.05, 4.69) is 28.1 Å². The van der Waals surface area contributed by atoms with E-state index in [1.807, 2.05) is 42.2 Å². The summed E-state index contributed by atoms with van der Waals surface area (Å²) in [6.45, 7) is 5.83. The minimum atomic E-state index is -0.477. The number of benzene rings is 3. The van der Waals surface area contributed by atoms with Gasteiger partial charge in [-0.3, -0.25) is 19.4 Å². The Morgan fingerprint density at radius 1 is 1.00 bits per heavy atom. The molecule has 2 amide bonds. The summed E-state index contributed by atoms with van der Waals surface area (Å²) >= 11 is 6.60. The van der Waals surface area contributed by atoms with Crippen LogP contribution < -0.4 is 4.90 Å². The van der Waals surface area contributed by atoms with Gasteiger partial charge in [-0.05, 0) is 66.9 Å². The minimum Gasteiger partial charge on any atom is -0.508 e. The van der Waals surface area contributed by atoms with E-state index in [0.717, 1.165) is 18.7 Å². The van der Waals surface area contributed by atoms with Crippen molar-refractivity contribution < 1.29 is 19.4 Å². The number of morpholine rings is 1. The van der Waals surface area contributed by atoms with Crippen LogP contribution in [0.15, 0.2) is 91.1 Å². The molecule has 272 valence electrons. The van der Waals surface area contributed by atoms with Crippen LogP contribution in [-0.2, 0) is 24.8 Å². The van der Waals surface area contributed by atoms with E-state index in [9.17, 15) is 20.0 Å². The molecule has 2 aliphatic rings. The monoisotopic (exact) mass is 740 g/mol. The standard InChI is InChI=1S/C41H37ClN8O4/c1-26-36(21-31(22-43)46(26)2)49(30-11-13-33(51)14-12-30)41(53)38-34-9-5-6-10-35(34)50(45-38)37-20-29(42)23-44-39(37)40(52)48-24-28-8-4-3-7-27(28)19-32(48)25-47-15-17-54-18-16-47/h3-14,20-21,23,32,51H,15-19,24-25H2,1-2H3. The summed E-state index contributed by atoms with van der Waals surface area (Å²) in [7, 11) is 1.76. The number of carbonyl (C=O) groups excluding carboxylic acids is 2. The third-order valence-corrected chi connectivity index (χ3v) is 10.6. The van der Waals surface area contributed by atoms with Crippen LogP contribution >= 0.6 is 11.6 Å². The molecule has 6 aromatic rings. The summed E-state index contributed by atoms with van der Waals surface area (Å²) in [6.07, 6.45) is 2.16. The summed E-state index contributed by atoms with van der Waals surface area (Å²) in [6, 6.07) is 27.1. The maximum Gasteiger partial charge on any atom is 0.284 e. The fraction of sp³-hybridized carbons (Fsp3) is 0.244. The van der Waals surface area contributed by atoms with E-state index in [1.54, 1.807) is 46.6 Å². The second-order valence-electron chi connectivity index (χ2n) is 13.6. The summed E-state index contributed by atoms with van der Waals surface area (Å²) in [5.74, 6) is -0.704. The van der Waals surface area contributed by atoms with Gasteiger partial charge in [0.15, 0.2) is 11.4 Å². The predicted molar refractivity (Wildman–Crippen MR) is 204 cm³/mol. The van der Waals surface area contributed by atoms with Crippen molar-refractivity contribution in [2.45, 2.75) is 25.9 Å². The number of rotatable bonds is 7. The Labute approximate surface area is 317 Å². The van der Waals surface area contributed by atoms with Gasteiger partial charge in [0.25, 0.3) is 11.8 Å². The lowest BCUT2D eigenvalue weighted by Crippen LogP contribution is -2.52. The molecular weight excluding hydrogens is 704 g/mol. The number of hydrogen-bond donors (Lipinski definition) is 1. The van der Waals surface area contributed by atoms with E-state index in [4.69, 9.17) is 21.4 Å². The van der Waals surface area contributed by atoms with Crippen LogP contribution in [0.25, 0.3) is 16.6 Å². The highest BCUT2D eigenvalue weighted by molar-refractivity contribution is 6.30. The molecule has 3 aromatic heterocycles. The molecule has 1 atom stereocenters. The molecule has 1 unspecified atom stereocenters. The lowest BCUT2D eigenvalue weighted by molar-refractivity contribution is 0.0191. The molecule has 8 rings (SSSR count). The van der Waals surface area contributed by atoms with Gasteiger partial charge in [-0.2, -0.15) is 10.4 Å². The summed E-state index contributed by atoms with van der Waals surface area (Å²) in [4.78, 5) is 40.1. The van der Waals surface area contributed by atoms with Gasteiger partial charge in [-0.15, -0.1) is 0 Å². The maximum atomic E-state index is 14.9. The summed E-state index contributed by atoms with van der Waals surface area (Å²) < 4.78 is 8.88. The zero-order valence-electron chi connectivity index (χ0n) is 29.8. The summed E-state index contributed by atoms with van der Waals surface area (Å²) in [5.41, 5.74) is 5.48. The molecule has 54 heavy (non-hydrogen) atoms. The highest BCUT2D eigenvalue weighted by atomic mass is 35.5. The van der Waals surface area contributed by atoms with Gasteiger partial charge in [0.2, 0.25) is 0 Å². The number of anilines is 2. The number of aromatic nitrogens is 4. The van der Waals surface area contributed by atoms with Crippen molar-refractivity contribution >= 4 is 45.7 Å². The van der Waals surface area contributed by atoms with Crippen LogP contribution in [0.5, 0.6) is 5.75 Å². The molecule has 2 aliphatic heterocycles. The molecule has 13 heteroatoms. The van der Waals surface area contributed by atoms with Crippen molar-refractivity contribution in [3.05, 3.63) is 130 Å². The molecule has 1 N–H and O–H groups in total. The van der Waals surface area contributed by atoms with Crippen LogP contribution in [0.1, 0.15) is 43.5 Å². The van der Waals surface area contributed by atoms with Crippen LogP contribution in [0.4, 0.5) is 11.4 Å². The molecule has 0 radical (unpaired) electrons. The van der Waals surface area contributed by atoms with E-state index in [1.165, 1.54) is 28.8 Å². The highest BCUT2D eigenvalue weighted by Crippen LogP contribution is 2.36. The van der Waals surface area contributed by atoms with Gasteiger partial charge >= 0.3 is 0 Å². The topological polar surface area (TPSA) is 133 Å². The third kappa shape index (κ3) is 6.36. The van der Waals surface area contributed by atoms with Crippen molar-refractivity contribution in [3.8, 4) is 17.5 Å². The Morgan fingerprint density at radius 2 is 1.72 bits per heavy atom. The first-order valence-corrected chi connectivity index (χ1v) is 18.1. The quantitative estimate of drug-likeness (QED) is 0.205. The van der Waals surface area contributed by atoms with Crippen LogP contribution in [0.2, 0.25) is 5.02 Å². The normalized spacial score (nSPS) is 15.9. The SMILES string of the molecule is Cc1c(N(C(=O)c2nn(-c3cc(Cl)cnc3C(=O)N3Cc4ccccc4CC3CN3CCOCC3)c3ccccc23)c2ccc(O)cc2)cc(C#N)n1C. The molecule has 0 aliphatic carbocycles. The second kappa shape index (κ2) is 14.4. The zero-order valence-corrected chi connectivity index (χ0v) is 30.6. The molecule has 3 aromatic carbocycles. The number of amides is 2. The number of phenolic OH excluding ortho intramolecular Hbond substituents is 1. The van der Waals surface area contributed by atoms with Crippen molar-refractivity contribution in [2.75, 3.05) is 37.7 Å². The van der Waals surface area contributed by atoms with Crippen LogP contribution in [0, 0.1) is 18.3 Å². The molecular formula is C41H37ClN8O4. The van der Waals surface area contributed by atoms with Crippen molar-refractivity contribution in [2.24, 2.45) is 7.05 Å². The first-order valence-electron chi connectivity index (χ1n) is 17.7. The molecule has 1 fully saturated rings. The average Bonchev–Trinajstić information content (AvgIpc) is 3.72. The van der Waals surface area contributed by atoms with Gasteiger partial charge in [0.1, 0.15) is 17.5 Å². The average molecular weight is 741 g/mol. The summed E-state index contributed by atoms with van der Waals surface area (Å²) in [5, 5.41) is 25.7. The Bertz CT molecular complexity index is 2440. The van der Waals surface area contributed by atoms with Gasteiger partial charge in [-0.1, -0.05) is 54.1 Å². The number of fused-ring (bicyclic) bond motifs is 2. The van der Waals surface area contributed by atoms with Gasteiger partial charge in [0.05, 0.1) is 35.1 Å². The minimum absolute atomic E-state index is 0.0402. The molecule has 12 nitrogen and oxygen atoms in total. The van der Waals surface area contributed by atoms with E-state index >= 15 is 0 Å². The van der Waals surface area contributed by atoms with E-state index in [0.29, 0.717) is 77.1 Å². The number of nitrogens with zero attached hydrogens (tertiary/aromatic N) is 8. The molecule has 1 saturated heterocycles.